The largest absolute Gasteiger partial charge is 0.462 e. The zero-order valence-corrected chi connectivity index (χ0v) is 39.3. The third-order valence-electron chi connectivity index (χ3n) is 11.1. The van der Waals surface area contributed by atoms with Gasteiger partial charge in [0.1, 0.15) is 6.10 Å². The molecule has 0 fully saturated rings. The van der Waals surface area contributed by atoms with E-state index in [0.29, 0.717) is 19.3 Å². The summed E-state index contributed by atoms with van der Waals surface area (Å²) in [5.74, 6) is -0.511. The van der Waals surface area contributed by atoms with E-state index in [1.807, 2.05) is 0 Å². The molecule has 0 aliphatic heterocycles. The fraction of sp³-hybridized carbons (Fsp3) is 0.741. The van der Waals surface area contributed by atoms with Crippen LogP contribution in [0.25, 0.3) is 0 Å². The minimum atomic E-state index is -0.798. The Bertz CT molecular complexity index is 1120. The minimum Gasteiger partial charge on any atom is -0.462 e. The molecule has 0 aliphatic rings. The van der Waals surface area contributed by atoms with E-state index in [1.54, 1.807) is 0 Å². The van der Waals surface area contributed by atoms with Gasteiger partial charge < -0.3 is 20.3 Å². The van der Waals surface area contributed by atoms with E-state index in [-0.39, 0.29) is 24.9 Å². The second-order valence-electron chi connectivity index (χ2n) is 16.9. The summed E-state index contributed by atoms with van der Waals surface area (Å²) < 4.78 is 5.92. The second-order valence-corrected chi connectivity index (χ2v) is 16.9. The molecule has 0 aromatic carbocycles. The molecule has 0 aromatic heterocycles. The van der Waals surface area contributed by atoms with Gasteiger partial charge in [-0.15, -0.1) is 0 Å². The van der Waals surface area contributed by atoms with Gasteiger partial charge in [-0.1, -0.05) is 216 Å². The Morgan fingerprint density at radius 3 is 1.55 bits per heavy atom. The Balaban J connectivity index is 4.63. The van der Waals surface area contributed by atoms with E-state index >= 15 is 0 Å². The smallest absolute Gasteiger partial charge is 0.306 e. The summed E-state index contributed by atoms with van der Waals surface area (Å²) in [6.45, 7) is 6.23. The average Bonchev–Trinajstić information content (AvgIpc) is 3.24. The molecule has 6 heteroatoms. The molecule has 0 aromatic rings. The Labute approximate surface area is 371 Å². The van der Waals surface area contributed by atoms with Crippen molar-refractivity contribution in [2.75, 3.05) is 6.61 Å². The highest BCUT2D eigenvalue weighted by Gasteiger charge is 2.24. The fourth-order valence-electron chi connectivity index (χ4n) is 7.33. The van der Waals surface area contributed by atoms with Gasteiger partial charge >= 0.3 is 5.97 Å². The number of hydrogen-bond acceptors (Lipinski definition) is 5. The van der Waals surface area contributed by atoms with Gasteiger partial charge in [0.25, 0.3) is 0 Å². The van der Waals surface area contributed by atoms with E-state index in [2.05, 4.69) is 99.0 Å². The highest BCUT2D eigenvalue weighted by molar-refractivity contribution is 5.77. The molecular weight excluding hydrogens is 743 g/mol. The predicted molar refractivity (Wildman–Crippen MR) is 259 cm³/mol. The maximum Gasteiger partial charge on any atom is 0.306 e. The number of carbonyl (C=O) groups excluding carboxylic acids is 2. The van der Waals surface area contributed by atoms with E-state index in [0.717, 1.165) is 109 Å². The molecule has 0 aliphatic carbocycles. The molecule has 0 heterocycles. The van der Waals surface area contributed by atoms with Crippen LogP contribution >= 0.6 is 0 Å². The molecule has 0 bridgehead atoms. The van der Waals surface area contributed by atoms with Crippen molar-refractivity contribution in [3.8, 4) is 0 Å². The topological polar surface area (TPSA) is 95.9 Å². The molecule has 3 unspecified atom stereocenters. The molecule has 0 saturated carbocycles. The summed E-state index contributed by atoms with van der Waals surface area (Å²) in [7, 11) is 0. The van der Waals surface area contributed by atoms with E-state index < -0.39 is 18.2 Å². The van der Waals surface area contributed by atoms with Gasteiger partial charge in [0.2, 0.25) is 5.91 Å². The van der Waals surface area contributed by atoms with E-state index in [4.69, 9.17) is 4.74 Å². The maximum atomic E-state index is 13.2. The number of ether oxygens (including phenoxy) is 1. The van der Waals surface area contributed by atoms with Crippen molar-refractivity contribution in [1.29, 1.82) is 0 Å². The number of aliphatic hydroxyl groups excluding tert-OH is 2. The number of esters is 1. The van der Waals surface area contributed by atoms with Crippen LogP contribution in [0.15, 0.2) is 72.9 Å². The van der Waals surface area contributed by atoms with Crippen LogP contribution in [0, 0.1) is 0 Å². The van der Waals surface area contributed by atoms with Crippen LogP contribution in [0.4, 0.5) is 0 Å². The number of hydrogen-bond donors (Lipinski definition) is 3. The SMILES string of the molecule is CC/C=C/C=C/C=C/CCCCCCCC(CC(=O)NC(CO)C(O)CCCCCCCCCCCCCC)OC(=O)CCCCCCCC/C=C/C/C=C/C/C=C/CC. The van der Waals surface area contributed by atoms with E-state index in [9.17, 15) is 19.8 Å². The van der Waals surface area contributed by atoms with E-state index in [1.165, 1.54) is 77.0 Å². The molecule has 0 saturated heterocycles. The number of unbranched alkanes of at least 4 members (excludes halogenated alkanes) is 22. The number of allylic oxidation sites excluding steroid dienone is 12. The Kier molecular flexibility index (Phi) is 45.2. The molecular formula is C54H95NO5. The third kappa shape index (κ3) is 42.0. The number of amides is 1. The summed E-state index contributed by atoms with van der Waals surface area (Å²) >= 11 is 0. The normalized spacial score (nSPS) is 13.9. The molecule has 0 rings (SSSR count). The van der Waals surface area contributed by atoms with Crippen molar-refractivity contribution in [2.24, 2.45) is 0 Å². The average molecular weight is 838 g/mol. The van der Waals surface area contributed by atoms with Crippen LogP contribution in [0.5, 0.6) is 0 Å². The van der Waals surface area contributed by atoms with Gasteiger partial charge in [0, 0.05) is 6.42 Å². The number of carbonyl (C=O) groups is 2. The lowest BCUT2D eigenvalue weighted by Crippen LogP contribution is -2.46. The zero-order valence-electron chi connectivity index (χ0n) is 39.3. The first-order valence-electron chi connectivity index (χ1n) is 25.2. The van der Waals surface area contributed by atoms with Gasteiger partial charge in [0.15, 0.2) is 0 Å². The Hall–Kier alpha value is -2.70. The quantitative estimate of drug-likeness (QED) is 0.0246. The standard InChI is InChI=1S/C54H95NO5/c1-4-7-10-13-16-19-22-25-26-27-29-32-35-38-41-44-47-54(59)60-50(45-42-39-36-33-30-28-23-20-17-14-11-8-5-2)48-53(58)55-51(49-56)52(57)46-43-40-37-34-31-24-21-18-15-12-9-6-3/h7-8,10-11,14,16-17,19-20,23,25-26,50-52,56-57H,4-6,9,12-13,15,18,21-22,24,27-49H2,1-3H3,(H,55,58)/b10-7+,11-8+,17-14+,19-16+,23-20+,26-25+. The zero-order chi connectivity index (χ0) is 43.8. The van der Waals surface area contributed by atoms with Crippen molar-refractivity contribution < 1.29 is 24.5 Å². The van der Waals surface area contributed by atoms with Gasteiger partial charge in [-0.25, -0.2) is 0 Å². The first-order valence-corrected chi connectivity index (χ1v) is 25.2. The van der Waals surface area contributed by atoms with Crippen LogP contribution in [0.1, 0.15) is 233 Å². The first kappa shape index (κ1) is 57.3. The summed E-state index contributed by atoms with van der Waals surface area (Å²) in [5, 5.41) is 23.7. The Morgan fingerprint density at radius 2 is 0.983 bits per heavy atom. The first-order chi connectivity index (χ1) is 29.5. The molecule has 346 valence electrons. The van der Waals surface area contributed by atoms with Crippen LogP contribution in [-0.4, -0.2) is 46.9 Å². The van der Waals surface area contributed by atoms with Crippen LogP contribution in [0.3, 0.4) is 0 Å². The van der Waals surface area contributed by atoms with Crippen LogP contribution in [-0.2, 0) is 14.3 Å². The molecule has 3 atom stereocenters. The summed E-state index contributed by atoms with van der Waals surface area (Å²) in [5.41, 5.74) is 0. The maximum absolute atomic E-state index is 13.2. The monoisotopic (exact) mass is 838 g/mol. The molecule has 60 heavy (non-hydrogen) atoms. The predicted octanol–water partition coefficient (Wildman–Crippen LogP) is 15.0. The lowest BCUT2D eigenvalue weighted by atomic mass is 10.0. The molecule has 0 spiro atoms. The van der Waals surface area contributed by atoms with Gasteiger partial charge in [-0.3, -0.25) is 9.59 Å². The molecule has 6 nitrogen and oxygen atoms in total. The van der Waals surface area contributed by atoms with Crippen molar-refractivity contribution >= 4 is 11.9 Å². The highest BCUT2D eigenvalue weighted by atomic mass is 16.5. The molecule has 3 N–H and O–H groups in total. The number of rotatable bonds is 44. The van der Waals surface area contributed by atoms with Gasteiger partial charge in [-0.2, -0.15) is 0 Å². The highest BCUT2D eigenvalue weighted by Crippen LogP contribution is 2.17. The third-order valence-corrected chi connectivity index (χ3v) is 11.1. The second kappa shape index (κ2) is 47.4. The minimum absolute atomic E-state index is 0.0559. The lowest BCUT2D eigenvalue weighted by Gasteiger charge is -2.24. The molecule has 0 radical (unpaired) electrons. The van der Waals surface area contributed by atoms with Crippen LogP contribution < -0.4 is 5.32 Å². The Morgan fingerprint density at radius 1 is 0.517 bits per heavy atom. The molecule has 1 amide bonds. The van der Waals surface area contributed by atoms with Crippen molar-refractivity contribution in [3.63, 3.8) is 0 Å². The van der Waals surface area contributed by atoms with Crippen LogP contribution in [0.2, 0.25) is 0 Å². The van der Waals surface area contributed by atoms with Gasteiger partial charge in [-0.05, 0) is 77.0 Å². The summed E-state index contributed by atoms with van der Waals surface area (Å²) in [6, 6.07) is -0.713. The lowest BCUT2D eigenvalue weighted by molar-refractivity contribution is -0.151. The summed E-state index contributed by atoms with van der Waals surface area (Å²) in [4.78, 5) is 26.1. The number of nitrogens with one attached hydrogen (secondary N) is 1. The van der Waals surface area contributed by atoms with Gasteiger partial charge in [0.05, 0.1) is 25.2 Å². The fourth-order valence-corrected chi connectivity index (χ4v) is 7.33. The van der Waals surface area contributed by atoms with Crippen molar-refractivity contribution in [2.45, 2.75) is 251 Å². The van der Waals surface area contributed by atoms with Crippen molar-refractivity contribution in [1.82, 2.24) is 5.32 Å². The number of aliphatic hydroxyl groups is 2. The van der Waals surface area contributed by atoms with Crippen molar-refractivity contribution in [3.05, 3.63) is 72.9 Å². The summed E-state index contributed by atoms with van der Waals surface area (Å²) in [6.07, 6.45) is 59.6.